The maximum Gasteiger partial charge on any atom is 0.223 e. The van der Waals surface area contributed by atoms with Gasteiger partial charge in [-0.05, 0) is 56.3 Å². The van der Waals surface area contributed by atoms with Crippen LogP contribution in [-0.4, -0.2) is 38.4 Å². The second kappa shape index (κ2) is 7.70. The molecule has 2 unspecified atom stereocenters. The zero-order valence-corrected chi connectivity index (χ0v) is 15.2. The fraction of sp³-hybridized carbons (Fsp3) is 0.938. The molecule has 1 amide bonds. The van der Waals surface area contributed by atoms with Gasteiger partial charge in [0, 0.05) is 18.5 Å². The summed E-state index contributed by atoms with van der Waals surface area (Å²) in [6, 6.07) is 0.261. The van der Waals surface area contributed by atoms with Crippen molar-refractivity contribution in [2.45, 2.75) is 51.0 Å². The number of fused-ring (bicyclic) bond motifs is 2. The molecule has 0 radical (unpaired) electrons. The van der Waals surface area contributed by atoms with Gasteiger partial charge in [-0.25, -0.2) is 8.42 Å². The van der Waals surface area contributed by atoms with Crippen molar-refractivity contribution < 1.29 is 13.2 Å². The van der Waals surface area contributed by atoms with Gasteiger partial charge in [0.15, 0.2) is 9.84 Å². The summed E-state index contributed by atoms with van der Waals surface area (Å²) in [6.45, 7) is 0.256. The van der Waals surface area contributed by atoms with E-state index in [0.29, 0.717) is 23.5 Å². The van der Waals surface area contributed by atoms with E-state index in [4.69, 9.17) is 5.73 Å². The molecule has 0 saturated heterocycles. The molecule has 0 spiro atoms. The molecule has 0 aromatic heterocycles. The summed E-state index contributed by atoms with van der Waals surface area (Å²) in [5.41, 5.74) is 6.25. The highest BCUT2D eigenvalue weighted by atomic mass is 35.5. The van der Waals surface area contributed by atoms with E-state index in [-0.39, 0.29) is 42.6 Å². The molecule has 3 fully saturated rings. The van der Waals surface area contributed by atoms with Gasteiger partial charge in [-0.3, -0.25) is 4.79 Å². The van der Waals surface area contributed by atoms with E-state index in [2.05, 4.69) is 5.32 Å². The van der Waals surface area contributed by atoms with Crippen LogP contribution in [0.5, 0.6) is 0 Å². The Hall–Kier alpha value is -0.330. The summed E-state index contributed by atoms with van der Waals surface area (Å²) in [7, 11) is -3.00. The summed E-state index contributed by atoms with van der Waals surface area (Å²) in [4.78, 5) is 12.3. The highest BCUT2D eigenvalue weighted by molar-refractivity contribution is 7.91. The first-order valence-electron chi connectivity index (χ1n) is 8.68. The molecular weight excluding hydrogens is 336 g/mol. The number of nitrogens with one attached hydrogen (secondary N) is 1. The van der Waals surface area contributed by atoms with Crippen LogP contribution in [0.15, 0.2) is 0 Å². The van der Waals surface area contributed by atoms with Crippen LogP contribution in [0.25, 0.3) is 0 Å². The molecule has 3 rings (SSSR count). The first-order valence-corrected chi connectivity index (χ1v) is 10.5. The van der Waals surface area contributed by atoms with Crippen molar-refractivity contribution in [3.8, 4) is 0 Å². The smallest absolute Gasteiger partial charge is 0.223 e. The standard InChI is InChI=1S/C16H28N2O3S.ClH/c17-15-12-2-1-3-13(15)9-14(8-12)16(19)18-6-7-22(20,21)10-11-4-5-11;/h11-15H,1-10,17H2,(H,18,19);1H. The Kier molecular flexibility index (Phi) is 6.36. The molecule has 23 heavy (non-hydrogen) atoms. The Labute approximate surface area is 145 Å². The Morgan fingerprint density at radius 2 is 1.70 bits per heavy atom. The van der Waals surface area contributed by atoms with E-state index in [1.807, 2.05) is 0 Å². The van der Waals surface area contributed by atoms with E-state index < -0.39 is 9.84 Å². The van der Waals surface area contributed by atoms with Crippen LogP contribution in [0.2, 0.25) is 0 Å². The van der Waals surface area contributed by atoms with Crippen molar-refractivity contribution in [2.24, 2.45) is 29.4 Å². The third-order valence-corrected chi connectivity index (χ3v) is 7.49. The van der Waals surface area contributed by atoms with Crippen molar-refractivity contribution in [1.82, 2.24) is 5.32 Å². The number of carbonyl (C=O) groups is 1. The maximum atomic E-state index is 12.3. The van der Waals surface area contributed by atoms with Gasteiger partial charge in [-0.2, -0.15) is 0 Å². The molecule has 3 saturated carbocycles. The lowest BCUT2D eigenvalue weighted by molar-refractivity contribution is -0.127. The Morgan fingerprint density at radius 1 is 1.09 bits per heavy atom. The van der Waals surface area contributed by atoms with Crippen molar-refractivity contribution in [3.05, 3.63) is 0 Å². The largest absolute Gasteiger partial charge is 0.355 e. The summed E-state index contributed by atoms with van der Waals surface area (Å²) in [6.07, 6.45) is 7.33. The molecule has 2 atom stereocenters. The second-order valence-corrected chi connectivity index (χ2v) is 9.77. The lowest BCUT2D eigenvalue weighted by Crippen LogP contribution is -2.49. The lowest BCUT2D eigenvalue weighted by Gasteiger charge is -2.43. The molecule has 2 bridgehead atoms. The average molecular weight is 365 g/mol. The molecule has 134 valence electrons. The van der Waals surface area contributed by atoms with Crippen molar-refractivity contribution in [2.75, 3.05) is 18.1 Å². The first kappa shape index (κ1) is 19.0. The fourth-order valence-corrected chi connectivity index (χ4v) is 5.84. The normalized spacial score (nSPS) is 33.6. The number of halogens is 1. The van der Waals surface area contributed by atoms with Crippen molar-refractivity contribution >= 4 is 28.2 Å². The van der Waals surface area contributed by atoms with Crippen LogP contribution in [0, 0.1) is 23.7 Å². The minimum Gasteiger partial charge on any atom is -0.355 e. The predicted octanol–water partition coefficient (Wildman–Crippen LogP) is 1.50. The van der Waals surface area contributed by atoms with E-state index >= 15 is 0 Å². The number of hydrogen-bond donors (Lipinski definition) is 2. The number of amides is 1. The summed E-state index contributed by atoms with van der Waals surface area (Å²) >= 11 is 0. The molecule has 0 heterocycles. The zero-order chi connectivity index (χ0) is 15.7. The van der Waals surface area contributed by atoms with Crippen LogP contribution < -0.4 is 11.1 Å². The minimum atomic E-state index is -3.00. The summed E-state index contributed by atoms with van der Waals surface area (Å²) in [5.74, 6) is 1.76. The van der Waals surface area contributed by atoms with Gasteiger partial charge in [-0.1, -0.05) is 6.42 Å². The van der Waals surface area contributed by atoms with Crippen LogP contribution in [0.1, 0.15) is 44.9 Å². The number of nitrogens with two attached hydrogens (primary N) is 1. The molecule has 3 aliphatic rings. The number of hydrogen-bond acceptors (Lipinski definition) is 4. The summed E-state index contributed by atoms with van der Waals surface area (Å²) < 4.78 is 23.7. The third kappa shape index (κ3) is 5.07. The van der Waals surface area contributed by atoms with Gasteiger partial charge in [0.1, 0.15) is 0 Å². The Balaban J connectivity index is 0.00000192. The molecule has 0 aromatic carbocycles. The molecular formula is C16H29ClN2O3S. The molecule has 0 aliphatic heterocycles. The average Bonchev–Trinajstić information content (AvgIpc) is 3.21. The number of carbonyl (C=O) groups excluding carboxylic acids is 1. The van der Waals surface area contributed by atoms with Crippen LogP contribution in [-0.2, 0) is 14.6 Å². The highest BCUT2D eigenvalue weighted by Crippen LogP contribution is 2.41. The molecule has 3 aliphatic carbocycles. The van der Waals surface area contributed by atoms with Gasteiger partial charge < -0.3 is 11.1 Å². The monoisotopic (exact) mass is 364 g/mol. The van der Waals surface area contributed by atoms with Gasteiger partial charge in [0.05, 0.1) is 11.5 Å². The maximum absolute atomic E-state index is 12.3. The van der Waals surface area contributed by atoms with Gasteiger partial charge in [0.2, 0.25) is 5.91 Å². The molecule has 0 aromatic rings. The van der Waals surface area contributed by atoms with Crippen LogP contribution in [0.4, 0.5) is 0 Å². The summed E-state index contributed by atoms with van der Waals surface area (Å²) in [5, 5.41) is 2.85. The van der Waals surface area contributed by atoms with Gasteiger partial charge in [-0.15, -0.1) is 12.4 Å². The fourth-order valence-electron chi connectivity index (χ4n) is 4.20. The van der Waals surface area contributed by atoms with E-state index in [1.165, 1.54) is 6.42 Å². The van der Waals surface area contributed by atoms with Gasteiger partial charge in [0.25, 0.3) is 0 Å². The predicted molar refractivity (Wildman–Crippen MR) is 93.2 cm³/mol. The highest BCUT2D eigenvalue weighted by Gasteiger charge is 2.40. The van der Waals surface area contributed by atoms with Crippen molar-refractivity contribution in [1.29, 1.82) is 0 Å². The van der Waals surface area contributed by atoms with E-state index in [1.54, 1.807) is 0 Å². The van der Waals surface area contributed by atoms with Crippen LogP contribution >= 0.6 is 12.4 Å². The van der Waals surface area contributed by atoms with Gasteiger partial charge >= 0.3 is 0 Å². The number of rotatable bonds is 6. The molecule has 7 heteroatoms. The second-order valence-electron chi connectivity index (χ2n) is 7.55. The lowest BCUT2D eigenvalue weighted by atomic mass is 9.65. The first-order chi connectivity index (χ1) is 10.4. The SMILES string of the molecule is Cl.NC1C2CCCC1CC(C(=O)NCCS(=O)(=O)CC1CC1)C2. The Bertz CT molecular complexity index is 507. The van der Waals surface area contributed by atoms with Crippen molar-refractivity contribution in [3.63, 3.8) is 0 Å². The topological polar surface area (TPSA) is 89.3 Å². The quantitative estimate of drug-likeness (QED) is 0.747. The Morgan fingerprint density at radius 3 is 2.26 bits per heavy atom. The minimum absolute atomic E-state index is 0. The molecule has 5 nitrogen and oxygen atoms in total. The molecule has 3 N–H and O–H groups in total. The van der Waals surface area contributed by atoms with Crippen LogP contribution in [0.3, 0.4) is 0 Å². The number of sulfone groups is 1. The van der Waals surface area contributed by atoms with E-state index in [9.17, 15) is 13.2 Å². The zero-order valence-electron chi connectivity index (χ0n) is 13.6. The van der Waals surface area contributed by atoms with E-state index in [0.717, 1.165) is 38.5 Å². The third-order valence-electron chi connectivity index (χ3n) is 5.68.